The van der Waals surface area contributed by atoms with Gasteiger partial charge in [0.1, 0.15) is 0 Å². The van der Waals surface area contributed by atoms with Gasteiger partial charge < -0.3 is 0 Å². The van der Waals surface area contributed by atoms with E-state index in [0.29, 0.717) is 17.1 Å². The average Bonchev–Trinajstić information content (AvgIpc) is 2.58. The van der Waals surface area contributed by atoms with Gasteiger partial charge in [0.25, 0.3) is 0 Å². The first-order valence-electron chi connectivity index (χ1n) is 6.09. The molecule has 15 heavy (non-hydrogen) atoms. The van der Waals surface area contributed by atoms with E-state index < -0.39 is 0 Å². The quantitative estimate of drug-likeness (QED) is 0.723. The number of Topliss-reactive ketones (excluding diaryl/α,β-unsaturated/α-hetero) is 1. The molecule has 1 atom stereocenters. The first kappa shape index (κ1) is 11.5. The molecule has 1 saturated heterocycles. The fraction of sp³-hybridized carbons (Fsp3) is 0.917. The van der Waals surface area contributed by atoms with Crippen molar-refractivity contribution in [3.05, 3.63) is 0 Å². The van der Waals surface area contributed by atoms with Gasteiger partial charge in [-0.25, -0.2) is 0 Å². The molecule has 86 valence electrons. The van der Waals surface area contributed by atoms with Crippen LogP contribution >= 0.6 is 11.8 Å². The zero-order valence-corrected chi connectivity index (χ0v) is 10.6. The van der Waals surface area contributed by atoms with E-state index in [-0.39, 0.29) is 6.04 Å². The zero-order valence-electron chi connectivity index (χ0n) is 9.79. The van der Waals surface area contributed by atoms with Crippen molar-refractivity contribution in [2.45, 2.75) is 56.4 Å². The van der Waals surface area contributed by atoms with Crippen molar-refractivity contribution in [3.8, 4) is 0 Å². The molecule has 2 aliphatic rings. The van der Waals surface area contributed by atoms with Crippen molar-refractivity contribution in [3.63, 3.8) is 0 Å². The molecule has 1 heterocycles. The molecule has 1 aliphatic heterocycles. The highest BCUT2D eigenvalue weighted by molar-refractivity contribution is 8.00. The van der Waals surface area contributed by atoms with Crippen LogP contribution in [0.15, 0.2) is 0 Å². The maximum absolute atomic E-state index is 11.8. The number of carbonyl (C=O) groups excluding carboxylic acids is 1. The Labute approximate surface area is 96.8 Å². The molecule has 0 bridgehead atoms. The lowest BCUT2D eigenvalue weighted by atomic mass is 9.92. The molecule has 0 radical (unpaired) electrons. The average molecular weight is 227 g/mol. The second-order valence-electron chi connectivity index (χ2n) is 4.76. The van der Waals surface area contributed by atoms with E-state index in [1.807, 2.05) is 18.7 Å². The monoisotopic (exact) mass is 227 g/mol. The van der Waals surface area contributed by atoms with E-state index in [4.69, 9.17) is 0 Å². The number of ketones is 1. The predicted octanol–water partition coefficient (Wildman–Crippen LogP) is 2.67. The molecule has 1 saturated carbocycles. The summed E-state index contributed by atoms with van der Waals surface area (Å²) in [5.41, 5.74) is 0. The molecule has 0 aromatic rings. The third-order valence-corrected chi connectivity index (χ3v) is 5.69. The number of hydrogen-bond donors (Lipinski definition) is 0. The van der Waals surface area contributed by atoms with Crippen LogP contribution in [0.2, 0.25) is 0 Å². The highest BCUT2D eigenvalue weighted by Crippen LogP contribution is 2.48. The second kappa shape index (κ2) is 4.46. The van der Waals surface area contributed by atoms with Gasteiger partial charge in [0, 0.05) is 12.2 Å². The van der Waals surface area contributed by atoms with Crippen LogP contribution in [0.5, 0.6) is 0 Å². The van der Waals surface area contributed by atoms with Crippen molar-refractivity contribution in [1.82, 2.24) is 4.90 Å². The molecule has 1 spiro atoms. The number of nitrogens with zero attached hydrogens (tertiary/aromatic N) is 1. The van der Waals surface area contributed by atoms with E-state index in [1.54, 1.807) is 0 Å². The number of likely N-dealkylation sites (N-methyl/N-ethyl adjacent to an activating group) is 1. The minimum absolute atomic E-state index is 0.193. The third kappa shape index (κ3) is 1.96. The molecule has 3 heteroatoms. The standard InChI is InChI=1S/C12H21NOS/c1-3-11(14)10-9-15-12(13(10)2)7-5-4-6-8-12/h10H,3-9H2,1-2H3/t10-/m0/s1. The Morgan fingerprint density at radius 2 is 2.07 bits per heavy atom. The maximum atomic E-state index is 11.8. The summed E-state index contributed by atoms with van der Waals surface area (Å²) >= 11 is 2.03. The molecule has 0 N–H and O–H groups in total. The first-order chi connectivity index (χ1) is 7.19. The van der Waals surface area contributed by atoms with Gasteiger partial charge in [0.15, 0.2) is 5.78 Å². The van der Waals surface area contributed by atoms with Gasteiger partial charge in [-0.15, -0.1) is 11.8 Å². The van der Waals surface area contributed by atoms with Crippen LogP contribution in [-0.2, 0) is 4.79 Å². The summed E-state index contributed by atoms with van der Waals surface area (Å²) in [4.78, 5) is 14.5. The van der Waals surface area contributed by atoms with Gasteiger partial charge in [0.2, 0.25) is 0 Å². The Hall–Kier alpha value is -0.0200. The van der Waals surface area contributed by atoms with Gasteiger partial charge in [-0.2, -0.15) is 0 Å². The third-order valence-electron chi connectivity index (χ3n) is 3.98. The van der Waals surface area contributed by atoms with Crippen LogP contribution in [-0.4, -0.2) is 34.4 Å². The van der Waals surface area contributed by atoms with Crippen LogP contribution in [0.4, 0.5) is 0 Å². The van der Waals surface area contributed by atoms with Crippen LogP contribution < -0.4 is 0 Å². The van der Waals surface area contributed by atoms with E-state index >= 15 is 0 Å². The SMILES string of the molecule is CCC(=O)[C@@H]1CSC2(CCCCC2)N1C. The van der Waals surface area contributed by atoms with Crippen LogP contribution in [0.1, 0.15) is 45.4 Å². The minimum atomic E-state index is 0.193. The van der Waals surface area contributed by atoms with E-state index in [1.165, 1.54) is 32.1 Å². The second-order valence-corrected chi connectivity index (χ2v) is 6.15. The summed E-state index contributed by atoms with van der Waals surface area (Å²) in [5.74, 6) is 1.44. The van der Waals surface area contributed by atoms with Crippen LogP contribution in [0.25, 0.3) is 0 Å². The largest absolute Gasteiger partial charge is 0.298 e. The van der Waals surface area contributed by atoms with Crippen LogP contribution in [0.3, 0.4) is 0 Å². The normalized spacial score (nSPS) is 30.9. The van der Waals surface area contributed by atoms with Gasteiger partial charge in [-0.1, -0.05) is 26.2 Å². The van der Waals surface area contributed by atoms with Crippen molar-refractivity contribution in [2.75, 3.05) is 12.8 Å². The number of hydrogen-bond acceptors (Lipinski definition) is 3. The Balaban J connectivity index is 2.08. The highest BCUT2D eigenvalue weighted by atomic mass is 32.2. The van der Waals surface area contributed by atoms with Gasteiger partial charge in [0.05, 0.1) is 10.9 Å². The van der Waals surface area contributed by atoms with Gasteiger partial charge >= 0.3 is 0 Å². The van der Waals surface area contributed by atoms with Crippen LogP contribution in [0, 0.1) is 0 Å². The lowest BCUT2D eigenvalue weighted by Crippen LogP contribution is -2.47. The molecular formula is C12H21NOS. The molecule has 0 amide bonds. The van der Waals surface area contributed by atoms with Crippen molar-refractivity contribution >= 4 is 17.5 Å². The highest BCUT2D eigenvalue weighted by Gasteiger charge is 2.46. The van der Waals surface area contributed by atoms with Gasteiger partial charge in [-0.3, -0.25) is 9.69 Å². The van der Waals surface area contributed by atoms with Crippen molar-refractivity contribution in [1.29, 1.82) is 0 Å². The fourth-order valence-corrected chi connectivity index (χ4v) is 4.66. The molecule has 2 rings (SSSR count). The summed E-state index contributed by atoms with van der Waals surface area (Å²) in [6.07, 6.45) is 7.30. The lowest BCUT2D eigenvalue weighted by Gasteiger charge is -2.40. The van der Waals surface area contributed by atoms with E-state index in [9.17, 15) is 4.79 Å². The number of rotatable bonds is 2. The molecule has 1 aliphatic carbocycles. The predicted molar refractivity (Wildman–Crippen MR) is 65.1 cm³/mol. The Morgan fingerprint density at radius 3 is 2.67 bits per heavy atom. The molecule has 0 aromatic carbocycles. The summed E-state index contributed by atoms with van der Waals surface area (Å²) in [6, 6.07) is 0.193. The molecule has 2 nitrogen and oxygen atoms in total. The maximum Gasteiger partial charge on any atom is 0.150 e. The summed E-state index contributed by atoms with van der Waals surface area (Å²) in [5, 5.41) is 0. The Morgan fingerprint density at radius 1 is 1.40 bits per heavy atom. The van der Waals surface area contributed by atoms with Gasteiger partial charge in [-0.05, 0) is 19.9 Å². The van der Waals surface area contributed by atoms with E-state index in [0.717, 1.165) is 5.75 Å². The fourth-order valence-electron chi connectivity index (χ4n) is 2.88. The molecule has 0 unspecified atom stereocenters. The van der Waals surface area contributed by atoms with Crippen molar-refractivity contribution in [2.24, 2.45) is 0 Å². The first-order valence-corrected chi connectivity index (χ1v) is 7.08. The summed E-state index contributed by atoms with van der Waals surface area (Å²) in [7, 11) is 2.16. The van der Waals surface area contributed by atoms with E-state index in [2.05, 4.69) is 11.9 Å². The molecular weight excluding hydrogens is 206 g/mol. The Kier molecular flexibility index (Phi) is 3.41. The minimum Gasteiger partial charge on any atom is -0.298 e. The number of carbonyl (C=O) groups is 1. The Bertz CT molecular complexity index is 248. The summed E-state index contributed by atoms with van der Waals surface area (Å²) < 4.78 is 0. The molecule has 2 fully saturated rings. The lowest BCUT2D eigenvalue weighted by molar-refractivity contribution is -0.123. The summed E-state index contributed by atoms with van der Waals surface area (Å²) in [6.45, 7) is 1.98. The topological polar surface area (TPSA) is 20.3 Å². The zero-order chi connectivity index (χ0) is 10.9. The smallest absolute Gasteiger partial charge is 0.150 e. The number of thioether (sulfide) groups is 1. The molecule has 0 aromatic heterocycles. The van der Waals surface area contributed by atoms with Crippen molar-refractivity contribution < 1.29 is 4.79 Å².